The summed E-state index contributed by atoms with van der Waals surface area (Å²) in [6.07, 6.45) is 1.84. The molecule has 0 spiro atoms. The van der Waals surface area contributed by atoms with E-state index in [1.54, 1.807) is 23.1 Å². The van der Waals surface area contributed by atoms with Gasteiger partial charge < -0.3 is 35.0 Å². The van der Waals surface area contributed by atoms with Crippen molar-refractivity contribution in [2.24, 2.45) is 11.8 Å². The van der Waals surface area contributed by atoms with E-state index in [9.17, 15) is 19.8 Å². The molecule has 194 valence electrons. The molecule has 9 nitrogen and oxygen atoms in total. The van der Waals surface area contributed by atoms with Gasteiger partial charge in [0.05, 0.1) is 29.9 Å². The molecule has 2 aliphatic carbocycles. The van der Waals surface area contributed by atoms with Crippen molar-refractivity contribution in [2.45, 2.75) is 58.0 Å². The van der Waals surface area contributed by atoms with Crippen molar-refractivity contribution in [3.63, 3.8) is 0 Å². The lowest BCUT2D eigenvalue weighted by Crippen LogP contribution is -2.56. The molecular weight excluding hydrogens is 567 g/mol. The number of methoxy groups -OCH3 is 1. The third-order valence-corrected chi connectivity index (χ3v) is 7.07. The van der Waals surface area contributed by atoms with Gasteiger partial charge in [-0.15, -0.1) is 0 Å². The molecule has 35 heavy (non-hydrogen) atoms. The molecule has 0 saturated heterocycles. The van der Waals surface area contributed by atoms with Crippen LogP contribution in [0.5, 0.6) is 11.5 Å². The molecule has 1 aromatic rings. The molecule has 1 saturated carbocycles. The molecule has 3 rings (SSSR count). The number of hydrogen-bond acceptors (Lipinski definition) is 7. The second-order valence-corrected chi connectivity index (χ2v) is 10.5. The van der Waals surface area contributed by atoms with Crippen LogP contribution >= 0.6 is 22.6 Å². The van der Waals surface area contributed by atoms with Crippen LogP contribution in [0.4, 0.5) is 0 Å². The Labute approximate surface area is 219 Å². The molecule has 1 fully saturated rings. The summed E-state index contributed by atoms with van der Waals surface area (Å²) < 4.78 is 12.4. The van der Waals surface area contributed by atoms with E-state index in [4.69, 9.17) is 14.6 Å². The maximum Gasteiger partial charge on any atom is 0.247 e. The number of ether oxygens (including phenoxy) is 2. The van der Waals surface area contributed by atoms with Gasteiger partial charge >= 0.3 is 0 Å². The van der Waals surface area contributed by atoms with Crippen LogP contribution in [0.1, 0.15) is 38.7 Å². The van der Waals surface area contributed by atoms with E-state index in [2.05, 4.69) is 27.9 Å². The first kappa shape index (κ1) is 27.7. The lowest BCUT2D eigenvalue weighted by atomic mass is 9.87. The van der Waals surface area contributed by atoms with Crippen LogP contribution in [0.3, 0.4) is 0 Å². The molecule has 3 unspecified atom stereocenters. The minimum absolute atomic E-state index is 0.0730. The molecule has 0 bridgehead atoms. The fraction of sp³-hybridized carbons (Fsp3) is 0.600. The van der Waals surface area contributed by atoms with Crippen molar-refractivity contribution >= 4 is 34.4 Å². The molecule has 4 N–H and O–H groups in total. The third kappa shape index (κ3) is 6.87. The number of aliphatic hydroxyl groups excluding tert-OH is 3. The van der Waals surface area contributed by atoms with Gasteiger partial charge in [0.25, 0.3) is 0 Å². The van der Waals surface area contributed by atoms with Crippen molar-refractivity contribution < 1.29 is 34.4 Å². The number of benzene rings is 1. The summed E-state index contributed by atoms with van der Waals surface area (Å²) in [5.41, 5.74) is 1.04. The molecule has 3 atom stereocenters. The molecule has 0 aliphatic heterocycles. The number of carbonyl (C=O) groups is 2. The molecule has 1 aromatic carbocycles. The van der Waals surface area contributed by atoms with Crippen LogP contribution in [0.15, 0.2) is 23.8 Å². The summed E-state index contributed by atoms with van der Waals surface area (Å²) >= 11 is 2.07. The van der Waals surface area contributed by atoms with Gasteiger partial charge in [-0.3, -0.25) is 9.59 Å². The number of halogens is 1. The van der Waals surface area contributed by atoms with Crippen molar-refractivity contribution in [3.8, 4) is 11.5 Å². The number of carbonyl (C=O) groups excluding carboxylic acids is 2. The van der Waals surface area contributed by atoms with Gasteiger partial charge in [-0.2, -0.15) is 0 Å². The molecule has 2 aliphatic rings. The first-order valence-corrected chi connectivity index (χ1v) is 13.0. The van der Waals surface area contributed by atoms with Crippen molar-refractivity contribution in [3.05, 3.63) is 32.9 Å². The van der Waals surface area contributed by atoms with Crippen molar-refractivity contribution in [2.75, 3.05) is 26.8 Å². The fourth-order valence-electron chi connectivity index (χ4n) is 4.19. The number of nitrogens with zero attached hydrogens (tertiary/aromatic N) is 1. The highest BCUT2D eigenvalue weighted by atomic mass is 127. The van der Waals surface area contributed by atoms with Gasteiger partial charge in [0.1, 0.15) is 12.2 Å². The molecule has 0 aromatic heterocycles. The number of hydrogen-bond donors (Lipinski definition) is 4. The zero-order valence-corrected chi connectivity index (χ0v) is 22.5. The highest BCUT2D eigenvalue weighted by Crippen LogP contribution is 2.38. The zero-order valence-electron chi connectivity index (χ0n) is 20.4. The fourth-order valence-corrected chi connectivity index (χ4v) is 4.99. The predicted octanol–water partition coefficient (Wildman–Crippen LogP) is 1.60. The monoisotopic (exact) mass is 602 g/mol. The van der Waals surface area contributed by atoms with Gasteiger partial charge in [-0.25, -0.2) is 0 Å². The molecule has 10 heteroatoms. The Hall–Kier alpha value is -1.89. The highest BCUT2D eigenvalue weighted by molar-refractivity contribution is 14.1. The van der Waals surface area contributed by atoms with Crippen LogP contribution in [0.2, 0.25) is 0 Å². The van der Waals surface area contributed by atoms with Gasteiger partial charge in [-0.05, 0) is 65.1 Å². The lowest BCUT2D eigenvalue weighted by Gasteiger charge is -2.41. The van der Waals surface area contributed by atoms with Gasteiger partial charge in [0.2, 0.25) is 11.8 Å². The number of nitrogens with one attached hydrogen (secondary N) is 1. The largest absolute Gasteiger partial charge is 0.493 e. The van der Waals surface area contributed by atoms with Crippen LogP contribution < -0.4 is 14.8 Å². The standard InChI is InChI=1S/C25H35IN2O7/c1-14(2)25(33)28(12-15-4-5-15)19-10-17(24(32)27-6-7-29)11-20(22(19)31)35-23-18(26)8-16(13-30)9-21(23)34-3/h8-9,11,14-15,19-20,22,29-31H,4-7,10,12-13H2,1-3H3,(H,27,32). The summed E-state index contributed by atoms with van der Waals surface area (Å²) in [5.74, 6) is 0.466. The Kier molecular flexibility index (Phi) is 9.79. The lowest BCUT2D eigenvalue weighted by molar-refractivity contribution is -0.142. The number of amides is 2. The molecule has 2 amide bonds. The van der Waals surface area contributed by atoms with E-state index in [0.717, 1.165) is 12.8 Å². The summed E-state index contributed by atoms with van der Waals surface area (Å²) in [6, 6.07) is 2.77. The van der Waals surface area contributed by atoms with Crippen LogP contribution in [-0.4, -0.2) is 77.1 Å². The smallest absolute Gasteiger partial charge is 0.247 e. The molecule has 0 heterocycles. The quantitative estimate of drug-likeness (QED) is 0.284. The summed E-state index contributed by atoms with van der Waals surface area (Å²) in [6.45, 7) is 3.92. The van der Waals surface area contributed by atoms with Crippen molar-refractivity contribution in [1.29, 1.82) is 0 Å². The Bertz CT molecular complexity index is 948. The van der Waals surface area contributed by atoms with Crippen LogP contribution in [-0.2, 0) is 16.2 Å². The Morgan fingerprint density at radius 3 is 2.54 bits per heavy atom. The molecular formula is C25H35IN2O7. The van der Waals surface area contributed by atoms with Gasteiger partial charge in [0.15, 0.2) is 11.5 Å². The normalized spacial score (nSPS) is 21.9. The Morgan fingerprint density at radius 1 is 1.26 bits per heavy atom. The summed E-state index contributed by atoms with van der Waals surface area (Å²) in [5, 5.41) is 32.8. The van der Waals surface area contributed by atoms with Crippen LogP contribution in [0, 0.1) is 15.4 Å². The summed E-state index contributed by atoms with van der Waals surface area (Å²) in [4.78, 5) is 27.7. The number of aliphatic hydroxyl groups is 3. The first-order valence-electron chi connectivity index (χ1n) is 11.9. The second-order valence-electron chi connectivity index (χ2n) is 9.37. The van der Waals surface area contributed by atoms with Crippen LogP contribution in [0.25, 0.3) is 0 Å². The second kappa shape index (κ2) is 12.4. The molecule has 0 radical (unpaired) electrons. The summed E-state index contributed by atoms with van der Waals surface area (Å²) in [7, 11) is 1.49. The maximum atomic E-state index is 13.2. The SMILES string of the molecule is COc1cc(CO)cc(I)c1OC1C=C(C(=O)NCCO)CC(N(CC2CC2)C(=O)C(C)C)C1O. The average molecular weight is 602 g/mol. The minimum Gasteiger partial charge on any atom is -0.493 e. The highest BCUT2D eigenvalue weighted by Gasteiger charge is 2.42. The van der Waals surface area contributed by atoms with E-state index in [-0.39, 0.29) is 43.9 Å². The Morgan fingerprint density at radius 2 is 1.97 bits per heavy atom. The zero-order chi connectivity index (χ0) is 25.7. The van der Waals surface area contributed by atoms with E-state index in [1.807, 2.05) is 13.8 Å². The third-order valence-electron chi connectivity index (χ3n) is 6.27. The predicted molar refractivity (Wildman–Crippen MR) is 138 cm³/mol. The van der Waals surface area contributed by atoms with E-state index >= 15 is 0 Å². The number of rotatable bonds is 11. The average Bonchev–Trinajstić information content (AvgIpc) is 3.66. The minimum atomic E-state index is -1.08. The van der Waals surface area contributed by atoms with E-state index < -0.39 is 18.2 Å². The maximum absolute atomic E-state index is 13.2. The van der Waals surface area contributed by atoms with E-state index in [0.29, 0.717) is 38.7 Å². The Balaban J connectivity index is 1.98. The van der Waals surface area contributed by atoms with Gasteiger partial charge in [0, 0.05) is 31.0 Å². The first-order chi connectivity index (χ1) is 16.7. The van der Waals surface area contributed by atoms with Gasteiger partial charge in [-0.1, -0.05) is 13.8 Å². The van der Waals surface area contributed by atoms with E-state index in [1.165, 1.54) is 7.11 Å². The van der Waals surface area contributed by atoms with Crippen molar-refractivity contribution in [1.82, 2.24) is 10.2 Å². The topological polar surface area (TPSA) is 129 Å².